The third kappa shape index (κ3) is 4.07. The van der Waals surface area contributed by atoms with Gasteiger partial charge in [0.2, 0.25) is 5.91 Å². The summed E-state index contributed by atoms with van der Waals surface area (Å²) in [7, 11) is 0. The zero-order chi connectivity index (χ0) is 13.7. The Morgan fingerprint density at radius 2 is 1.89 bits per heavy atom. The normalized spacial score (nSPS) is 10.6. The Balaban J connectivity index is 2.06. The number of carbonyl (C=O) groups is 1. The summed E-state index contributed by atoms with van der Waals surface area (Å²) in [5.74, 6) is -0.143. The first-order chi connectivity index (χ1) is 9.15. The van der Waals surface area contributed by atoms with Gasteiger partial charge in [-0.15, -0.1) is 0 Å². The first-order valence-corrected chi connectivity index (χ1v) is 6.75. The molecule has 0 atom stereocenters. The van der Waals surface area contributed by atoms with Crippen molar-refractivity contribution in [2.45, 2.75) is 6.92 Å². The Hall–Kier alpha value is -1.87. The highest BCUT2D eigenvalue weighted by molar-refractivity contribution is 9.10. The van der Waals surface area contributed by atoms with Crippen LogP contribution in [0, 0.1) is 6.92 Å². The van der Waals surface area contributed by atoms with E-state index in [2.05, 4.69) is 21.2 Å². The molecule has 96 valence electrons. The molecule has 19 heavy (non-hydrogen) atoms. The lowest BCUT2D eigenvalue weighted by molar-refractivity contribution is -0.111. The van der Waals surface area contributed by atoms with Crippen molar-refractivity contribution in [2.24, 2.45) is 0 Å². The number of nitrogens with one attached hydrogen (secondary N) is 1. The maximum atomic E-state index is 11.8. The SMILES string of the molecule is Cc1ccc(Br)c(NC(=O)/C=C/c2ccccc2)c1. The number of hydrogen-bond acceptors (Lipinski definition) is 1. The van der Waals surface area contributed by atoms with Gasteiger partial charge in [-0.3, -0.25) is 4.79 Å². The molecule has 0 fully saturated rings. The number of halogens is 1. The van der Waals surface area contributed by atoms with Crippen molar-refractivity contribution in [1.29, 1.82) is 0 Å². The second-order valence-corrected chi connectivity index (χ2v) is 5.07. The zero-order valence-corrected chi connectivity index (χ0v) is 12.1. The molecular formula is C16H14BrNO. The third-order valence-electron chi connectivity index (χ3n) is 2.61. The Labute approximate surface area is 121 Å². The summed E-state index contributed by atoms with van der Waals surface area (Å²) in [6.45, 7) is 1.99. The number of amides is 1. The van der Waals surface area contributed by atoms with Crippen molar-refractivity contribution in [3.8, 4) is 0 Å². The Bertz CT molecular complexity index is 605. The third-order valence-corrected chi connectivity index (χ3v) is 3.30. The second-order valence-electron chi connectivity index (χ2n) is 4.22. The topological polar surface area (TPSA) is 29.1 Å². The number of rotatable bonds is 3. The fraction of sp³-hybridized carbons (Fsp3) is 0.0625. The molecule has 0 aliphatic carbocycles. The molecule has 0 aromatic heterocycles. The molecule has 0 aliphatic heterocycles. The highest BCUT2D eigenvalue weighted by Gasteiger charge is 2.02. The van der Waals surface area contributed by atoms with Gasteiger partial charge in [-0.1, -0.05) is 36.4 Å². The van der Waals surface area contributed by atoms with E-state index in [1.807, 2.05) is 55.5 Å². The van der Waals surface area contributed by atoms with E-state index in [4.69, 9.17) is 0 Å². The summed E-state index contributed by atoms with van der Waals surface area (Å²) < 4.78 is 0.875. The molecule has 0 spiro atoms. The van der Waals surface area contributed by atoms with E-state index < -0.39 is 0 Å². The van der Waals surface area contributed by atoms with Gasteiger partial charge in [0.05, 0.1) is 5.69 Å². The zero-order valence-electron chi connectivity index (χ0n) is 10.6. The van der Waals surface area contributed by atoms with Gasteiger partial charge in [-0.05, 0) is 52.2 Å². The van der Waals surface area contributed by atoms with Crippen LogP contribution in [-0.2, 0) is 4.79 Å². The molecule has 0 bridgehead atoms. The van der Waals surface area contributed by atoms with Gasteiger partial charge >= 0.3 is 0 Å². The molecular weight excluding hydrogens is 302 g/mol. The smallest absolute Gasteiger partial charge is 0.248 e. The van der Waals surface area contributed by atoms with E-state index in [1.54, 1.807) is 6.08 Å². The van der Waals surface area contributed by atoms with Gasteiger partial charge in [-0.2, -0.15) is 0 Å². The largest absolute Gasteiger partial charge is 0.321 e. The second kappa shape index (κ2) is 6.34. The van der Waals surface area contributed by atoms with E-state index in [9.17, 15) is 4.79 Å². The van der Waals surface area contributed by atoms with Gasteiger partial charge in [0.15, 0.2) is 0 Å². The van der Waals surface area contributed by atoms with Crippen molar-refractivity contribution in [1.82, 2.24) is 0 Å². The van der Waals surface area contributed by atoms with E-state index in [0.29, 0.717) is 0 Å². The van der Waals surface area contributed by atoms with Crippen LogP contribution >= 0.6 is 15.9 Å². The first-order valence-electron chi connectivity index (χ1n) is 5.95. The molecule has 2 nitrogen and oxygen atoms in total. The van der Waals surface area contributed by atoms with Crippen LogP contribution in [0.3, 0.4) is 0 Å². The number of aryl methyl sites for hydroxylation is 1. The lowest BCUT2D eigenvalue weighted by Gasteiger charge is -2.06. The maximum absolute atomic E-state index is 11.8. The molecule has 2 rings (SSSR count). The quantitative estimate of drug-likeness (QED) is 0.835. The predicted molar refractivity (Wildman–Crippen MR) is 83.0 cm³/mol. The Kier molecular flexibility index (Phi) is 4.53. The molecule has 0 saturated heterocycles. The lowest BCUT2D eigenvalue weighted by atomic mass is 10.2. The lowest BCUT2D eigenvalue weighted by Crippen LogP contribution is -2.08. The predicted octanol–water partition coefficient (Wildman–Crippen LogP) is 4.41. The molecule has 0 unspecified atom stereocenters. The summed E-state index contributed by atoms with van der Waals surface area (Å²) in [5, 5.41) is 2.85. The molecule has 0 heterocycles. The van der Waals surface area contributed by atoms with Crippen molar-refractivity contribution < 1.29 is 4.79 Å². The Morgan fingerprint density at radius 1 is 1.16 bits per heavy atom. The fourth-order valence-corrected chi connectivity index (χ4v) is 1.99. The number of hydrogen-bond donors (Lipinski definition) is 1. The van der Waals surface area contributed by atoms with Crippen LogP contribution in [0.2, 0.25) is 0 Å². The van der Waals surface area contributed by atoms with Crippen LogP contribution in [0.1, 0.15) is 11.1 Å². The Morgan fingerprint density at radius 3 is 2.63 bits per heavy atom. The van der Waals surface area contributed by atoms with Crippen LogP contribution in [-0.4, -0.2) is 5.91 Å². The molecule has 3 heteroatoms. The highest BCUT2D eigenvalue weighted by Crippen LogP contribution is 2.23. The van der Waals surface area contributed by atoms with E-state index in [0.717, 1.165) is 21.3 Å². The van der Waals surface area contributed by atoms with Crippen molar-refractivity contribution in [3.05, 3.63) is 70.2 Å². The van der Waals surface area contributed by atoms with E-state index in [1.165, 1.54) is 6.08 Å². The minimum absolute atomic E-state index is 0.143. The van der Waals surface area contributed by atoms with Gasteiger partial charge in [0.1, 0.15) is 0 Å². The van der Waals surface area contributed by atoms with Gasteiger partial charge < -0.3 is 5.32 Å². The monoisotopic (exact) mass is 315 g/mol. The van der Waals surface area contributed by atoms with Crippen LogP contribution in [0.4, 0.5) is 5.69 Å². The minimum atomic E-state index is -0.143. The summed E-state index contributed by atoms with van der Waals surface area (Å²) in [6, 6.07) is 15.6. The highest BCUT2D eigenvalue weighted by atomic mass is 79.9. The van der Waals surface area contributed by atoms with Crippen molar-refractivity contribution in [2.75, 3.05) is 5.32 Å². The van der Waals surface area contributed by atoms with E-state index >= 15 is 0 Å². The standard InChI is InChI=1S/C16H14BrNO/c1-12-7-9-14(17)15(11-12)18-16(19)10-8-13-5-3-2-4-6-13/h2-11H,1H3,(H,18,19)/b10-8+. The van der Waals surface area contributed by atoms with Crippen molar-refractivity contribution in [3.63, 3.8) is 0 Å². The van der Waals surface area contributed by atoms with Gasteiger partial charge in [-0.25, -0.2) is 0 Å². The summed E-state index contributed by atoms with van der Waals surface area (Å²) >= 11 is 3.42. The minimum Gasteiger partial charge on any atom is -0.321 e. The molecule has 1 N–H and O–H groups in total. The molecule has 2 aromatic rings. The van der Waals surface area contributed by atoms with Crippen LogP contribution in [0.15, 0.2) is 59.1 Å². The molecule has 0 radical (unpaired) electrons. The molecule has 0 saturated carbocycles. The average Bonchev–Trinajstić information content (AvgIpc) is 2.42. The van der Waals surface area contributed by atoms with Crippen LogP contribution in [0.5, 0.6) is 0 Å². The van der Waals surface area contributed by atoms with Crippen molar-refractivity contribution >= 4 is 33.6 Å². The summed E-state index contributed by atoms with van der Waals surface area (Å²) in [4.78, 5) is 11.8. The number of carbonyl (C=O) groups excluding carboxylic acids is 1. The van der Waals surface area contributed by atoms with E-state index in [-0.39, 0.29) is 5.91 Å². The first kappa shape index (κ1) is 13.6. The molecule has 2 aromatic carbocycles. The summed E-state index contributed by atoms with van der Waals surface area (Å²) in [5.41, 5.74) is 2.88. The van der Waals surface area contributed by atoms with Crippen LogP contribution in [0.25, 0.3) is 6.08 Å². The summed E-state index contributed by atoms with van der Waals surface area (Å²) in [6.07, 6.45) is 3.32. The molecule has 1 amide bonds. The maximum Gasteiger partial charge on any atom is 0.248 e. The molecule has 0 aliphatic rings. The fourth-order valence-electron chi connectivity index (χ4n) is 1.65. The number of benzene rings is 2. The van der Waals surface area contributed by atoms with Gasteiger partial charge in [0, 0.05) is 10.5 Å². The number of anilines is 1. The average molecular weight is 316 g/mol. The van der Waals surface area contributed by atoms with Gasteiger partial charge in [0.25, 0.3) is 0 Å². The van der Waals surface area contributed by atoms with Crippen LogP contribution < -0.4 is 5.32 Å².